The highest BCUT2D eigenvalue weighted by Crippen LogP contribution is 2.16. The van der Waals surface area contributed by atoms with E-state index in [0.717, 1.165) is 31.8 Å². The second-order valence-corrected chi connectivity index (χ2v) is 2.64. The molecule has 2 heteroatoms. The molecule has 1 radical (unpaired) electrons. The van der Waals surface area contributed by atoms with Crippen molar-refractivity contribution in [1.29, 1.82) is 0 Å². The molecule has 1 aliphatic heterocycles. The van der Waals surface area contributed by atoms with Gasteiger partial charge in [-0.3, -0.25) is 0 Å². The first-order chi connectivity index (χ1) is 4.97. The molecule has 0 spiro atoms. The van der Waals surface area contributed by atoms with Crippen LogP contribution in [0.1, 0.15) is 19.3 Å². The molecule has 1 heterocycles. The van der Waals surface area contributed by atoms with E-state index in [4.69, 9.17) is 4.74 Å². The van der Waals surface area contributed by atoms with E-state index in [9.17, 15) is 0 Å². The SMILES string of the molecule is C1=C2OCC[N+]=C2CCC1. The molecule has 0 aromatic rings. The van der Waals surface area contributed by atoms with Gasteiger partial charge in [-0.1, -0.05) is 0 Å². The van der Waals surface area contributed by atoms with Crippen molar-refractivity contribution in [3.63, 3.8) is 0 Å². The smallest absolute Gasteiger partial charge is 0.287 e. The Morgan fingerprint density at radius 3 is 3.40 bits per heavy atom. The van der Waals surface area contributed by atoms with Crippen LogP contribution in [0.25, 0.3) is 0 Å². The number of ether oxygens (including phenoxy) is 1. The highest BCUT2D eigenvalue weighted by atomic mass is 16.5. The Bertz CT molecular complexity index is 171. The van der Waals surface area contributed by atoms with Gasteiger partial charge in [0.15, 0.2) is 12.4 Å². The topological polar surface area (TPSA) is 23.3 Å². The molecule has 0 N–H and O–H groups in total. The minimum Gasteiger partial charge on any atom is -0.480 e. The van der Waals surface area contributed by atoms with Gasteiger partial charge < -0.3 is 4.74 Å². The van der Waals surface area contributed by atoms with Gasteiger partial charge in [0.2, 0.25) is 6.54 Å². The van der Waals surface area contributed by atoms with Gasteiger partial charge in [-0.15, -0.1) is 0 Å². The quantitative estimate of drug-likeness (QED) is 0.485. The van der Waals surface area contributed by atoms with Gasteiger partial charge in [0.05, 0.1) is 0 Å². The van der Waals surface area contributed by atoms with Crippen LogP contribution in [0.4, 0.5) is 0 Å². The molecular formula is C8H11NO+. The second kappa shape index (κ2) is 2.45. The fourth-order valence-corrected chi connectivity index (χ4v) is 1.38. The Morgan fingerprint density at radius 1 is 1.50 bits per heavy atom. The summed E-state index contributed by atoms with van der Waals surface area (Å²) in [5.74, 6) is 1.05. The van der Waals surface area contributed by atoms with Gasteiger partial charge >= 0.3 is 0 Å². The first-order valence-electron chi connectivity index (χ1n) is 3.83. The lowest BCUT2D eigenvalue weighted by atomic mass is 10.0. The molecular weight excluding hydrogens is 126 g/mol. The Labute approximate surface area is 60.6 Å². The van der Waals surface area contributed by atoms with E-state index in [1.807, 2.05) is 0 Å². The van der Waals surface area contributed by atoms with Gasteiger partial charge in [0.1, 0.15) is 0 Å². The van der Waals surface area contributed by atoms with Crippen LogP contribution < -0.4 is 4.99 Å². The number of aliphatic imine (C=N–C) groups is 1. The van der Waals surface area contributed by atoms with Crippen molar-refractivity contribution in [2.45, 2.75) is 19.3 Å². The van der Waals surface area contributed by atoms with E-state index in [2.05, 4.69) is 11.1 Å². The van der Waals surface area contributed by atoms with Gasteiger partial charge in [-0.25, -0.2) is 0 Å². The van der Waals surface area contributed by atoms with E-state index in [-0.39, 0.29) is 0 Å². The van der Waals surface area contributed by atoms with E-state index in [0.29, 0.717) is 0 Å². The first kappa shape index (κ1) is 5.96. The molecule has 2 rings (SSSR count). The average Bonchev–Trinajstić information content (AvgIpc) is 2.05. The maximum Gasteiger partial charge on any atom is 0.287 e. The molecule has 0 unspecified atom stereocenters. The maximum absolute atomic E-state index is 5.41. The highest BCUT2D eigenvalue weighted by molar-refractivity contribution is 5.98. The van der Waals surface area contributed by atoms with Crippen molar-refractivity contribution < 1.29 is 4.74 Å². The Hall–Kier alpha value is -0.790. The number of allylic oxidation sites excluding steroid dienone is 2. The Morgan fingerprint density at radius 2 is 2.50 bits per heavy atom. The molecule has 0 aromatic carbocycles. The molecule has 0 fully saturated rings. The third kappa shape index (κ3) is 0.939. The lowest BCUT2D eigenvalue weighted by Crippen LogP contribution is -2.25. The zero-order valence-electron chi connectivity index (χ0n) is 5.97. The van der Waals surface area contributed by atoms with Crippen LogP contribution in [0, 0.1) is 0 Å². The largest absolute Gasteiger partial charge is 0.480 e. The zero-order valence-corrected chi connectivity index (χ0v) is 5.97. The number of hydrogen-bond donors (Lipinski definition) is 0. The monoisotopic (exact) mass is 137 g/mol. The van der Waals surface area contributed by atoms with Gasteiger partial charge in [-0.2, -0.15) is 0 Å². The number of nitrogens with zero attached hydrogens (tertiary/aromatic N) is 1. The molecule has 1 aliphatic carbocycles. The third-order valence-electron chi connectivity index (χ3n) is 1.88. The van der Waals surface area contributed by atoms with E-state index in [1.165, 1.54) is 12.1 Å². The second-order valence-electron chi connectivity index (χ2n) is 2.64. The summed E-state index contributed by atoms with van der Waals surface area (Å²) in [4.78, 5) is 4.37. The van der Waals surface area contributed by atoms with Crippen molar-refractivity contribution in [3.05, 3.63) is 11.8 Å². The van der Waals surface area contributed by atoms with Crippen LogP contribution >= 0.6 is 0 Å². The molecule has 2 aliphatic rings. The van der Waals surface area contributed by atoms with Crippen LogP contribution in [0.2, 0.25) is 0 Å². The van der Waals surface area contributed by atoms with Gasteiger partial charge in [-0.05, 0) is 18.9 Å². The summed E-state index contributed by atoms with van der Waals surface area (Å²) < 4.78 is 5.41. The summed E-state index contributed by atoms with van der Waals surface area (Å²) in [5.41, 5.74) is 1.19. The zero-order chi connectivity index (χ0) is 6.81. The molecule has 2 nitrogen and oxygen atoms in total. The summed E-state index contributed by atoms with van der Waals surface area (Å²) in [6, 6.07) is 0. The molecule has 0 atom stereocenters. The number of fused-ring (bicyclic) bond motifs is 1. The molecule has 0 bridgehead atoms. The molecule has 10 heavy (non-hydrogen) atoms. The van der Waals surface area contributed by atoms with Crippen molar-refractivity contribution in [2.75, 3.05) is 13.2 Å². The average molecular weight is 137 g/mol. The van der Waals surface area contributed by atoms with Crippen LogP contribution in [0.5, 0.6) is 0 Å². The summed E-state index contributed by atoms with van der Waals surface area (Å²) in [6.07, 6.45) is 5.67. The maximum atomic E-state index is 5.41. The lowest BCUT2D eigenvalue weighted by molar-refractivity contribution is 0.221. The fourth-order valence-electron chi connectivity index (χ4n) is 1.38. The lowest BCUT2D eigenvalue weighted by Gasteiger charge is -2.12. The number of rotatable bonds is 0. The Balaban J connectivity index is 2.25. The minimum atomic E-state index is 0.773. The van der Waals surface area contributed by atoms with E-state index in [1.54, 1.807) is 0 Å². The van der Waals surface area contributed by atoms with E-state index < -0.39 is 0 Å². The minimum absolute atomic E-state index is 0.773. The van der Waals surface area contributed by atoms with Crippen molar-refractivity contribution in [2.24, 2.45) is 0 Å². The Kier molecular flexibility index (Phi) is 1.46. The normalized spacial score (nSPS) is 24.0. The van der Waals surface area contributed by atoms with Crippen molar-refractivity contribution >= 4 is 5.71 Å². The molecule has 0 aromatic heterocycles. The number of hydrogen-bond acceptors (Lipinski definition) is 2. The summed E-state index contributed by atoms with van der Waals surface area (Å²) in [6.45, 7) is 1.63. The molecule has 0 amide bonds. The van der Waals surface area contributed by atoms with E-state index >= 15 is 0 Å². The van der Waals surface area contributed by atoms with Crippen LogP contribution in [0.3, 0.4) is 0 Å². The van der Waals surface area contributed by atoms with Crippen molar-refractivity contribution in [3.8, 4) is 0 Å². The fraction of sp³-hybridized carbons (Fsp3) is 0.625. The standard InChI is InChI=1S/C8H11NO/c1-2-4-8-7(3-1)9-5-6-10-8/h4H,1-3,5-6H2/q+1. The molecule has 0 saturated heterocycles. The van der Waals surface area contributed by atoms with Gasteiger partial charge in [0.25, 0.3) is 5.71 Å². The highest BCUT2D eigenvalue weighted by Gasteiger charge is 2.25. The summed E-state index contributed by atoms with van der Waals surface area (Å²) >= 11 is 0. The molecule has 53 valence electrons. The summed E-state index contributed by atoms with van der Waals surface area (Å²) in [7, 11) is 0. The van der Waals surface area contributed by atoms with Crippen LogP contribution in [-0.4, -0.2) is 18.9 Å². The predicted molar refractivity (Wildman–Crippen MR) is 39.9 cm³/mol. The van der Waals surface area contributed by atoms with Crippen LogP contribution in [-0.2, 0) is 4.74 Å². The predicted octanol–water partition coefficient (Wildman–Crippen LogP) is 0.861. The summed E-state index contributed by atoms with van der Waals surface area (Å²) in [5, 5.41) is 0. The molecule has 0 saturated carbocycles. The third-order valence-corrected chi connectivity index (χ3v) is 1.88. The van der Waals surface area contributed by atoms with Crippen LogP contribution in [0.15, 0.2) is 11.8 Å². The van der Waals surface area contributed by atoms with Crippen molar-refractivity contribution in [1.82, 2.24) is 4.99 Å². The van der Waals surface area contributed by atoms with Gasteiger partial charge in [0, 0.05) is 11.4 Å². The first-order valence-corrected chi connectivity index (χ1v) is 3.83.